The standard InChI is InChI=1S/C21H20N4/c1-3-5-21(23-2)19-12-16(7-8-17(19)13-22)14-25-11-9-20-18(15-25)6-4-10-24-20/h3-8,10,12H,1-2,9,11,14-15H2. The number of rotatable bonds is 5. The molecule has 0 saturated carbocycles. The first-order valence-electron chi connectivity index (χ1n) is 8.23. The fraction of sp³-hybridized carbons (Fsp3) is 0.190. The number of allylic oxidation sites excluding steroid dienone is 2. The Hall–Kier alpha value is -3.03. The van der Waals surface area contributed by atoms with E-state index < -0.39 is 0 Å². The Morgan fingerprint density at radius 3 is 3.04 bits per heavy atom. The van der Waals surface area contributed by atoms with Crippen LogP contribution in [0, 0.1) is 11.3 Å². The maximum absolute atomic E-state index is 9.37. The molecule has 0 atom stereocenters. The van der Waals surface area contributed by atoms with E-state index in [1.807, 2.05) is 30.5 Å². The van der Waals surface area contributed by atoms with Gasteiger partial charge in [-0.3, -0.25) is 14.9 Å². The van der Waals surface area contributed by atoms with Crippen molar-refractivity contribution in [1.82, 2.24) is 9.88 Å². The monoisotopic (exact) mass is 328 g/mol. The van der Waals surface area contributed by atoms with Gasteiger partial charge in [-0.2, -0.15) is 5.26 Å². The van der Waals surface area contributed by atoms with Gasteiger partial charge in [-0.1, -0.05) is 24.8 Å². The molecule has 2 heterocycles. The second kappa shape index (κ2) is 7.69. The number of nitriles is 1. The second-order valence-electron chi connectivity index (χ2n) is 6.01. The van der Waals surface area contributed by atoms with Crippen LogP contribution in [0.2, 0.25) is 0 Å². The van der Waals surface area contributed by atoms with E-state index in [-0.39, 0.29) is 0 Å². The van der Waals surface area contributed by atoms with E-state index in [1.165, 1.54) is 11.3 Å². The lowest BCUT2D eigenvalue weighted by molar-refractivity contribution is 0.243. The van der Waals surface area contributed by atoms with Crippen molar-refractivity contribution >= 4 is 12.4 Å². The summed E-state index contributed by atoms with van der Waals surface area (Å²) in [4.78, 5) is 10.9. The van der Waals surface area contributed by atoms with Gasteiger partial charge in [-0.15, -0.1) is 0 Å². The summed E-state index contributed by atoms with van der Waals surface area (Å²) in [7, 11) is 0. The van der Waals surface area contributed by atoms with E-state index >= 15 is 0 Å². The molecular formula is C21H20N4. The van der Waals surface area contributed by atoms with E-state index in [2.05, 4.69) is 40.3 Å². The zero-order valence-corrected chi connectivity index (χ0v) is 14.2. The number of nitrogens with zero attached hydrogens (tertiary/aromatic N) is 4. The van der Waals surface area contributed by atoms with Crippen LogP contribution in [0.25, 0.3) is 5.70 Å². The average molecular weight is 328 g/mol. The van der Waals surface area contributed by atoms with Crippen LogP contribution in [-0.2, 0) is 19.5 Å². The predicted octanol–water partition coefficient (Wildman–Crippen LogP) is 3.74. The second-order valence-corrected chi connectivity index (χ2v) is 6.01. The van der Waals surface area contributed by atoms with Crippen LogP contribution in [0.1, 0.15) is 27.9 Å². The Kier molecular flexibility index (Phi) is 5.17. The van der Waals surface area contributed by atoms with E-state index in [0.29, 0.717) is 11.3 Å². The first-order chi connectivity index (χ1) is 12.2. The van der Waals surface area contributed by atoms with Crippen molar-refractivity contribution in [2.75, 3.05) is 6.54 Å². The Morgan fingerprint density at radius 2 is 2.28 bits per heavy atom. The molecule has 0 saturated heterocycles. The number of hydrogen-bond donors (Lipinski definition) is 0. The van der Waals surface area contributed by atoms with Gasteiger partial charge in [0.1, 0.15) is 0 Å². The molecule has 0 fully saturated rings. The minimum atomic E-state index is 0.595. The number of aliphatic imine (C=N–C) groups is 1. The maximum atomic E-state index is 9.37. The number of benzene rings is 1. The summed E-state index contributed by atoms with van der Waals surface area (Å²) in [5.41, 5.74) is 5.71. The average Bonchev–Trinajstić information content (AvgIpc) is 2.66. The molecule has 1 aromatic carbocycles. The zero-order chi connectivity index (χ0) is 17.6. The fourth-order valence-corrected chi connectivity index (χ4v) is 3.16. The molecule has 0 N–H and O–H groups in total. The van der Waals surface area contributed by atoms with E-state index in [9.17, 15) is 5.26 Å². The molecule has 2 aromatic rings. The van der Waals surface area contributed by atoms with Crippen molar-refractivity contribution in [2.45, 2.75) is 19.5 Å². The number of aromatic nitrogens is 1. The van der Waals surface area contributed by atoms with Gasteiger partial charge in [0, 0.05) is 43.5 Å². The quantitative estimate of drug-likeness (QED) is 0.620. The van der Waals surface area contributed by atoms with Gasteiger partial charge in [0.15, 0.2) is 0 Å². The van der Waals surface area contributed by atoms with Crippen molar-refractivity contribution in [3.8, 4) is 6.07 Å². The van der Waals surface area contributed by atoms with Crippen LogP contribution in [-0.4, -0.2) is 23.1 Å². The Morgan fingerprint density at radius 1 is 1.40 bits per heavy atom. The van der Waals surface area contributed by atoms with Gasteiger partial charge < -0.3 is 0 Å². The van der Waals surface area contributed by atoms with Gasteiger partial charge in [-0.25, -0.2) is 0 Å². The Labute approximate surface area is 148 Å². The molecule has 0 spiro atoms. The molecule has 4 nitrogen and oxygen atoms in total. The Bertz CT molecular complexity index is 874. The molecule has 0 bridgehead atoms. The van der Waals surface area contributed by atoms with Crippen molar-refractivity contribution in [1.29, 1.82) is 5.26 Å². The third-order valence-electron chi connectivity index (χ3n) is 4.38. The Balaban J connectivity index is 1.84. The molecule has 0 aliphatic carbocycles. The van der Waals surface area contributed by atoms with Crippen LogP contribution in [0.5, 0.6) is 0 Å². The van der Waals surface area contributed by atoms with Crippen LogP contribution in [0.15, 0.2) is 60.3 Å². The molecule has 124 valence electrons. The summed E-state index contributed by atoms with van der Waals surface area (Å²) < 4.78 is 0. The molecule has 0 radical (unpaired) electrons. The topological polar surface area (TPSA) is 52.3 Å². The maximum Gasteiger partial charge on any atom is 0.0998 e. The van der Waals surface area contributed by atoms with Gasteiger partial charge in [0.05, 0.1) is 17.3 Å². The molecule has 3 rings (SSSR count). The van der Waals surface area contributed by atoms with Crippen LogP contribution >= 0.6 is 0 Å². The highest BCUT2D eigenvalue weighted by Gasteiger charge is 2.17. The van der Waals surface area contributed by atoms with Crippen molar-refractivity contribution in [3.05, 3.63) is 83.2 Å². The summed E-state index contributed by atoms with van der Waals surface area (Å²) in [6.07, 6.45) is 6.26. The third-order valence-corrected chi connectivity index (χ3v) is 4.38. The minimum absolute atomic E-state index is 0.595. The molecule has 4 heteroatoms. The summed E-state index contributed by atoms with van der Waals surface area (Å²) in [5, 5.41) is 9.37. The molecular weight excluding hydrogens is 308 g/mol. The third kappa shape index (κ3) is 3.73. The summed E-state index contributed by atoms with van der Waals surface area (Å²) in [6, 6.07) is 12.3. The first-order valence-corrected chi connectivity index (χ1v) is 8.23. The van der Waals surface area contributed by atoms with Crippen LogP contribution in [0.4, 0.5) is 0 Å². The molecule has 1 aliphatic rings. The van der Waals surface area contributed by atoms with Gasteiger partial charge in [0.2, 0.25) is 0 Å². The summed E-state index contributed by atoms with van der Waals surface area (Å²) in [5.74, 6) is 0. The summed E-state index contributed by atoms with van der Waals surface area (Å²) >= 11 is 0. The lowest BCUT2D eigenvalue weighted by Crippen LogP contribution is -2.30. The molecule has 0 unspecified atom stereocenters. The van der Waals surface area contributed by atoms with Crippen molar-refractivity contribution in [2.24, 2.45) is 4.99 Å². The molecule has 0 amide bonds. The smallest absolute Gasteiger partial charge is 0.0998 e. The summed E-state index contributed by atoms with van der Waals surface area (Å²) in [6.45, 7) is 10.0. The first kappa shape index (κ1) is 16.8. The lowest BCUT2D eigenvalue weighted by Gasteiger charge is -2.28. The highest BCUT2D eigenvalue weighted by Crippen LogP contribution is 2.24. The normalized spacial score (nSPS) is 14.4. The predicted molar refractivity (Wildman–Crippen MR) is 101 cm³/mol. The minimum Gasteiger partial charge on any atom is -0.294 e. The van der Waals surface area contributed by atoms with Gasteiger partial charge >= 0.3 is 0 Å². The fourth-order valence-electron chi connectivity index (χ4n) is 3.16. The number of pyridine rings is 1. The van der Waals surface area contributed by atoms with E-state index in [1.54, 1.807) is 12.2 Å². The van der Waals surface area contributed by atoms with Gasteiger partial charge in [-0.05, 0) is 42.1 Å². The SMILES string of the molecule is C=CC=C(N=C)c1cc(CN2CCc3ncccc3C2)ccc1C#N. The van der Waals surface area contributed by atoms with Crippen LogP contribution < -0.4 is 0 Å². The highest BCUT2D eigenvalue weighted by molar-refractivity contribution is 5.73. The van der Waals surface area contributed by atoms with Crippen molar-refractivity contribution in [3.63, 3.8) is 0 Å². The number of fused-ring (bicyclic) bond motifs is 1. The van der Waals surface area contributed by atoms with E-state index in [0.717, 1.165) is 37.2 Å². The van der Waals surface area contributed by atoms with Crippen LogP contribution in [0.3, 0.4) is 0 Å². The van der Waals surface area contributed by atoms with E-state index in [4.69, 9.17) is 0 Å². The largest absolute Gasteiger partial charge is 0.294 e. The van der Waals surface area contributed by atoms with Gasteiger partial charge in [0.25, 0.3) is 0 Å². The molecule has 1 aliphatic heterocycles. The zero-order valence-electron chi connectivity index (χ0n) is 14.2. The number of hydrogen-bond acceptors (Lipinski definition) is 4. The molecule has 1 aromatic heterocycles. The van der Waals surface area contributed by atoms with Crippen molar-refractivity contribution < 1.29 is 0 Å². The molecule has 25 heavy (non-hydrogen) atoms. The lowest BCUT2D eigenvalue weighted by atomic mass is 10.00. The highest BCUT2D eigenvalue weighted by atomic mass is 15.1.